The summed E-state index contributed by atoms with van der Waals surface area (Å²) < 4.78 is 34.1. The predicted octanol–water partition coefficient (Wildman–Crippen LogP) is -2.77. The summed E-state index contributed by atoms with van der Waals surface area (Å²) >= 11 is 0. The summed E-state index contributed by atoms with van der Waals surface area (Å²) in [5, 5.41) is 0. The summed E-state index contributed by atoms with van der Waals surface area (Å²) in [7, 11) is -5.17. The molecule has 0 amide bonds. The van der Waals surface area contributed by atoms with E-state index in [0.717, 1.165) is 12.8 Å². The van der Waals surface area contributed by atoms with Gasteiger partial charge in [0.05, 0.1) is 0 Å². The molecule has 8 nitrogen and oxygen atoms in total. The first kappa shape index (κ1) is 25.3. The Morgan fingerprint density at radius 1 is 0.938 bits per heavy atom. The molecule has 16 heavy (non-hydrogen) atoms. The molecule has 0 unspecified atom stereocenters. The number of nitrogens with two attached hydrogens (primary N) is 2. The minimum absolute atomic E-state index is 0. The second kappa shape index (κ2) is 11.9. The Morgan fingerprint density at radius 3 is 1.25 bits per heavy atom. The first-order chi connectivity index (χ1) is 5.80. The third-order valence-electron chi connectivity index (χ3n) is 1.87. The topological polar surface area (TPSA) is 195 Å². The molecule has 1 rings (SSSR count). The molecule has 0 spiro atoms. The van der Waals surface area contributed by atoms with E-state index in [0.29, 0.717) is 0 Å². The van der Waals surface area contributed by atoms with Crippen LogP contribution < -0.4 is 11.5 Å². The van der Waals surface area contributed by atoms with Gasteiger partial charge in [-0.15, -0.1) is 0 Å². The maximum Gasteiger partial charge on any atom is 2.00 e. The molecule has 1 aliphatic rings. The van der Waals surface area contributed by atoms with Crippen LogP contribution in [-0.4, -0.2) is 40.6 Å². The van der Waals surface area contributed by atoms with E-state index in [2.05, 4.69) is 0 Å². The van der Waals surface area contributed by atoms with Crippen LogP contribution in [0.5, 0.6) is 0 Å². The molecule has 8 N–H and O–H groups in total. The molecule has 0 aromatic carbocycles. The quantitative estimate of drug-likeness (QED) is 0.301. The summed E-state index contributed by atoms with van der Waals surface area (Å²) in [4.78, 5) is 0. The fourth-order valence-electron chi connectivity index (χ4n) is 1.19. The summed E-state index contributed by atoms with van der Waals surface area (Å²) in [5.41, 5.74) is 11.3. The van der Waals surface area contributed by atoms with Crippen molar-refractivity contribution in [3.8, 4) is 0 Å². The number of rotatable bonds is 0. The van der Waals surface area contributed by atoms with Gasteiger partial charge < -0.3 is 31.5 Å². The molecular weight excluding hydrogens is 423 g/mol. The second-order valence-corrected chi connectivity index (χ2v) is 3.84. The Labute approximate surface area is 109 Å². The van der Waals surface area contributed by atoms with E-state index in [1.54, 1.807) is 0 Å². The van der Waals surface area contributed by atoms with E-state index in [1.165, 1.54) is 12.8 Å². The number of hydrogen-bond acceptors (Lipinski definition) is 6. The summed E-state index contributed by atoms with van der Waals surface area (Å²) in [6.07, 6.45) is 4.80. The Balaban J connectivity index is -0.0000000818. The fourth-order valence-corrected chi connectivity index (χ4v) is 1.19. The smallest absolute Gasteiger partial charge is 0.759 e. The van der Waals surface area contributed by atoms with Gasteiger partial charge in [0.1, 0.15) is 0 Å². The van der Waals surface area contributed by atoms with Crippen molar-refractivity contribution in [2.75, 3.05) is 0 Å². The SMILES string of the molecule is N[C@@H]1CCCC[C@H]1N.O.O.O=S(=O)([O-])[O-].[Pt+2]. The zero-order valence-electron chi connectivity index (χ0n) is 8.50. The third-order valence-corrected chi connectivity index (χ3v) is 1.87. The van der Waals surface area contributed by atoms with Crippen LogP contribution in [-0.2, 0) is 31.5 Å². The van der Waals surface area contributed by atoms with Crippen molar-refractivity contribution in [1.82, 2.24) is 0 Å². The molecule has 0 aliphatic heterocycles. The van der Waals surface area contributed by atoms with Gasteiger partial charge in [-0.3, -0.25) is 8.42 Å². The Hall–Kier alpha value is 0.398. The van der Waals surface area contributed by atoms with Crippen molar-refractivity contribution in [3.05, 3.63) is 0 Å². The Morgan fingerprint density at radius 2 is 1.12 bits per heavy atom. The molecule has 0 aromatic rings. The molecule has 0 saturated heterocycles. The van der Waals surface area contributed by atoms with E-state index in [4.69, 9.17) is 29.0 Å². The molecule has 10 heteroatoms. The van der Waals surface area contributed by atoms with Gasteiger partial charge in [0.25, 0.3) is 0 Å². The molecule has 0 aromatic heterocycles. The van der Waals surface area contributed by atoms with Crippen LogP contribution in [0.1, 0.15) is 25.7 Å². The van der Waals surface area contributed by atoms with Gasteiger partial charge in [-0.25, -0.2) is 0 Å². The minimum Gasteiger partial charge on any atom is -0.759 e. The molecule has 0 radical (unpaired) electrons. The molecule has 1 fully saturated rings. The predicted molar refractivity (Wildman–Crippen MR) is 52.1 cm³/mol. The monoisotopic (exact) mass is 441 g/mol. The van der Waals surface area contributed by atoms with E-state index in [-0.39, 0.29) is 44.1 Å². The molecule has 1 aliphatic carbocycles. The molecular formula is C6H18N2O6PtS. The molecule has 1 saturated carbocycles. The van der Waals surface area contributed by atoms with Gasteiger partial charge in [0.15, 0.2) is 0 Å². The zero-order chi connectivity index (χ0) is 10.5. The van der Waals surface area contributed by atoms with Crippen molar-refractivity contribution in [2.24, 2.45) is 11.5 Å². The van der Waals surface area contributed by atoms with Gasteiger partial charge in [0.2, 0.25) is 0 Å². The van der Waals surface area contributed by atoms with Crippen LogP contribution in [0.25, 0.3) is 0 Å². The van der Waals surface area contributed by atoms with Gasteiger partial charge in [-0.1, -0.05) is 12.8 Å². The molecule has 2 atom stereocenters. The van der Waals surface area contributed by atoms with E-state index in [9.17, 15) is 0 Å². The molecule has 104 valence electrons. The van der Waals surface area contributed by atoms with Gasteiger partial charge in [-0.05, 0) is 12.8 Å². The summed E-state index contributed by atoms with van der Waals surface area (Å²) in [5.74, 6) is 0. The van der Waals surface area contributed by atoms with Crippen LogP contribution in [0.15, 0.2) is 0 Å². The van der Waals surface area contributed by atoms with Crippen LogP contribution in [0.2, 0.25) is 0 Å². The maximum absolute atomic E-state index is 8.52. The van der Waals surface area contributed by atoms with Crippen LogP contribution in [0.3, 0.4) is 0 Å². The first-order valence-electron chi connectivity index (χ1n) is 3.98. The van der Waals surface area contributed by atoms with Gasteiger partial charge in [-0.2, -0.15) is 0 Å². The van der Waals surface area contributed by atoms with Crippen molar-refractivity contribution in [3.63, 3.8) is 0 Å². The molecule has 0 heterocycles. The normalized spacial score (nSPS) is 23.5. The van der Waals surface area contributed by atoms with Crippen molar-refractivity contribution >= 4 is 10.4 Å². The third kappa shape index (κ3) is 19.9. The van der Waals surface area contributed by atoms with Crippen LogP contribution in [0.4, 0.5) is 0 Å². The van der Waals surface area contributed by atoms with Gasteiger partial charge >= 0.3 is 21.1 Å². The maximum atomic E-state index is 8.52. The largest absolute Gasteiger partial charge is 2.00 e. The second-order valence-electron chi connectivity index (χ2n) is 3.02. The van der Waals surface area contributed by atoms with Gasteiger partial charge in [0, 0.05) is 22.5 Å². The first-order valence-corrected chi connectivity index (χ1v) is 5.32. The van der Waals surface area contributed by atoms with Crippen LogP contribution in [0, 0.1) is 0 Å². The van der Waals surface area contributed by atoms with Crippen molar-refractivity contribution in [1.29, 1.82) is 0 Å². The van der Waals surface area contributed by atoms with Crippen LogP contribution >= 0.6 is 0 Å². The zero-order valence-corrected chi connectivity index (χ0v) is 11.6. The van der Waals surface area contributed by atoms with Crippen molar-refractivity contribution in [2.45, 2.75) is 37.8 Å². The Kier molecular flexibility index (Phi) is 18.8. The van der Waals surface area contributed by atoms with E-state index >= 15 is 0 Å². The fraction of sp³-hybridized carbons (Fsp3) is 1.00. The molecule has 0 bridgehead atoms. The number of hydrogen-bond donors (Lipinski definition) is 2. The summed E-state index contributed by atoms with van der Waals surface area (Å²) in [6, 6.07) is 0.562. The average Bonchev–Trinajstić information content (AvgIpc) is 1.92. The average molecular weight is 441 g/mol. The Bertz CT molecular complexity index is 219. The van der Waals surface area contributed by atoms with E-state index in [1.807, 2.05) is 0 Å². The van der Waals surface area contributed by atoms with Crippen molar-refractivity contribution < 1.29 is 49.5 Å². The summed E-state index contributed by atoms with van der Waals surface area (Å²) in [6.45, 7) is 0. The minimum atomic E-state index is -5.17. The van der Waals surface area contributed by atoms with E-state index < -0.39 is 10.4 Å². The standard InChI is InChI=1S/C6H14N2.H2O4S.2H2O.Pt/c7-5-3-1-2-4-6(5)8;1-5(2,3)4;;;/h5-6H,1-4,7-8H2;(H2,1,2,3,4);2*1H2;/q;;;;+2/p-2/t5-,6-;;;;/m1..../s1.